The molecule has 25 heavy (non-hydrogen) atoms. The average Bonchev–Trinajstić information content (AvgIpc) is 2.64. The number of benzene rings is 1. The SMILES string of the molecule is COc1cc(CCC(=O)NCC2(C(=O)O)CCCCC2)cc(OC)c1. The van der Waals surface area contributed by atoms with Gasteiger partial charge in [-0.25, -0.2) is 0 Å². The average molecular weight is 349 g/mol. The molecule has 1 fully saturated rings. The van der Waals surface area contributed by atoms with E-state index in [1.54, 1.807) is 20.3 Å². The largest absolute Gasteiger partial charge is 0.497 e. The molecule has 1 aromatic carbocycles. The van der Waals surface area contributed by atoms with E-state index in [0.717, 1.165) is 24.8 Å². The minimum Gasteiger partial charge on any atom is -0.497 e. The molecule has 138 valence electrons. The van der Waals surface area contributed by atoms with Gasteiger partial charge in [-0.05, 0) is 37.0 Å². The maximum atomic E-state index is 12.2. The van der Waals surface area contributed by atoms with Crippen molar-refractivity contribution in [2.45, 2.75) is 44.9 Å². The zero-order valence-corrected chi connectivity index (χ0v) is 15.0. The number of nitrogens with one attached hydrogen (secondary N) is 1. The minimum atomic E-state index is -0.801. The molecule has 0 unspecified atom stereocenters. The topological polar surface area (TPSA) is 84.9 Å². The van der Waals surface area contributed by atoms with Crippen LogP contribution in [0, 0.1) is 5.41 Å². The molecule has 0 spiro atoms. The molecule has 6 heteroatoms. The fraction of sp³-hybridized carbons (Fsp3) is 0.579. The number of aliphatic carboxylic acids is 1. The van der Waals surface area contributed by atoms with Crippen LogP contribution in [0.3, 0.4) is 0 Å². The van der Waals surface area contributed by atoms with Crippen LogP contribution in [-0.2, 0) is 16.0 Å². The number of carbonyl (C=O) groups is 2. The Bertz CT molecular complexity index is 586. The van der Waals surface area contributed by atoms with Crippen LogP contribution in [0.2, 0.25) is 0 Å². The monoisotopic (exact) mass is 349 g/mol. The van der Waals surface area contributed by atoms with Crippen molar-refractivity contribution in [2.75, 3.05) is 20.8 Å². The first-order chi connectivity index (χ1) is 12.0. The predicted octanol–water partition coefficient (Wildman–Crippen LogP) is 2.79. The number of aryl methyl sites for hydroxylation is 1. The second-order valence-corrected chi connectivity index (χ2v) is 6.64. The van der Waals surface area contributed by atoms with Gasteiger partial charge in [0.25, 0.3) is 0 Å². The van der Waals surface area contributed by atoms with Gasteiger partial charge in [0, 0.05) is 19.0 Å². The van der Waals surface area contributed by atoms with E-state index in [-0.39, 0.29) is 12.5 Å². The standard InChI is InChI=1S/C19H27NO5/c1-24-15-10-14(11-16(12-15)25-2)6-7-17(21)20-13-19(18(22)23)8-4-3-5-9-19/h10-12H,3-9,13H2,1-2H3,(H,20,21)(H,22,23). The zero-order chi connectivity index (χ0) is 18.3. The number of carbonyl (C=O) groups excluding carboxylic acids is 1. The van der Waals surface area contributed by atoms with Crippen LogP contribution in [0.4, 0.5) is 0 Å². The summed E-state index contributed by atoms with van der Waals surface area (Å²) in [6, 6.07) is 5.52. The van der Waals surface area contributed by atoms with Crippen LogP contribution < -0.4 is 14.8 Å². The fourth-order valence-electron chi connectivity index (χ4n) is 3.32. The molecular formula is C19H27NO5. The second kappa shape index (κ2) is 8.74. The summed E-state index contributed by atoms with van der Waals surface area (Å²) in [5, 5.41) is 12.4. The molecule has 0 saturated heterocycles. The van der Waals surface area contributed by atoms with Crippen molar-refractivity contribution in [3.05, 3.63) is 23.8 Å². The third-order valence-corrected chi connectivity index (χ3v) is 4.94. The minimum absolute atomic E-state index is 0.131. The van der Waals surface area contributed by atoms with Crippen LogP contribution in [0.1, 0.15) is 44.1 Å². The lowest BCUT2D eigenvalue weighted by Crippen LogP contribution is -2.44. The van der Waals surface area contributed by atoms with Crippen LogP contribution in [0.25, 0.3) is 0 Å². The van der Waals surface area contributed by atoms with Crippen LogP contribution >= 0.6 is 0 Å². The molecule has 0 aromatic heterocycles. The van der Waals surface area contributed by atoms with Crippen molar-refractivity contribution >= 4 is 11.9 Å². The molecule has 1 aliphatic rings. The number of methoxy groups -OCH3 is 2. The Morgan fingerprint density at radius 1 is 1.08 bits per heavy atom. The molecule has 0 bridgehead atoms. The third-order valence-electron chi connectivity index (χ3n) is 4.94. The van der Waals surface area contributed by atoms with E-state index in [1.807, 2.05) is 12.1 Å². The van der Waals surface area contributed by atoms with Crippen molar-refractivity contribution in [1.29, 1.82) is 0 Å². The molecule has 2 rings (SSSR count). The van der Waals surface area contributed by atoms with Crippen molar-refractivity contribution < 1.29 is 24.2 Å². The first-order valence-corrected chi connectivity index (χ1v) is 8.71. The molecule has 0 radical (unpaired) electrons. The van der Waals surface area contributed by atoms with E-state index in [1.165, 1.54) is 0 Å². The fourth-order valence-corrected chi connectivity index (χ4v) is 3.32. The van der Waals surface area contributed by atoms with Crippen LogP contribution in [0.5, 0.6) is 11.5 Å². The zero-order valence-electron chi connectivity index (χ0n) is 15.0. The number of hydrogen-bond acceptors (Lipinski definition) is 4. The van der Waals surface area contributed by atoms with Crippen LogP contribution in [0.15, 0.2) is 18.2 Å². The lowest BCUT2D eigenvalue weighted by molar-refractivity contribution is -0.151. The number of amides is 1. The first-order valence-electron chi connectivity index (χ1n) is 8.71. The number of rotatable bonds is 8. The Labute approximate surface area is 148 Å². The third kappa shape index (κ3) is 5.11. The maximum Gasteiger partial charge on any atom is 0.311 e. The summed E-state index contributed by atoms with van der Waals surface area (Å²) in [4.78, 5) is 23.8. The maximum absolute atomic E-state index is 12.2. The molecule has 1 aliphatic carbocycles. The smallest absolute Gasteiger partial charge is 0.311 e. The van der Waals surface area contributed by atoms with Crippen molar-refractivity contribution in [2.24, 2.45) is 5.41 Å². The lowest BCUT2D eigenvalue weighted by atomic mass is 9.74. The summed E-state index contributed by atoms with van der Waals surface area (Å²) in [5.74, 6) is 0.432. The van der Waals surface area contributed by atoms with Crippen molar-refractivity contribution in [1.82, 2.24) is 5.32 Å². The van der Waals surface area contributed by atoms with Gasteiger partial charge in [-0.15, -0.1) is 0 Å². The molecular weight excluding hydrogens is 322 g/mol. The van der Waals surface area contributed by atoms with Crippen LogP contribution in [-0.4, -0.2) is 37.7 Å². The predicted molar refractivity (Wildman–Crippen MR) is 94.0 cm³/mol. The lowest BCUT2D eigenvalue weighted by Gasteiger charge is -2.33. The molecule has 1 saturated carbocycles. The van der Waals surface area contributed by atoms with E-state index in [4.69, 9.17) is 9.47 Å². The highest BCUT2D eigenvalue weighted by atomic mass is 16.5. The first kappa shape index (κ1) is 19.1. The van der Waals surface area contributed by atoms with E-state index in [0.29, 0.717) is 37.2 Å². The van der Waals surface area contributed by atoms with Gasteiger partial charge in [-0.3, -0.25) is 9.59 Å². The molecule has 0 heterocycles. The van der Waals surface area contributed by atoms with Gasteiger partial charge in [0.15, 0.2) is 0 Å². The quantitative estimate of drug-likeness (QED) is 0.754. The van der Waals surface area contributed by atoms with Crippen molar-refractivity contribution in [3.63, 3.8) is 0 Å². The number of carboxylic acids is 1. The molecule has 1 amide bonds. The summed E-state index contributed by atoms with van der Waals surface area (Å²) in [5.41, 5.74) is 0.143. The second-order valence-electron chi connectivity index (χ2n) is 6.64. The van der Waals surface area contributed by atoms with E-state index in [2.05, 4.69) is 5.32 Å². The van der Waals surface area contributed by atoms with Gasteiger partial charge < -0.3 is 19.9 Å². The van der Waals surface area contributed by atoms with E-state index in [9.17, 15) is 14.7 Å². The molecule has 6 nitrogen and oxygen atoms in total. The Hall–Kier alpha value is -2.24. The summed E-state index contributed by atoms with van der Waals surface area (Å²) < 4.78 is 10.4. The molecule has 1 aromatic rings. The number of hydrogen-bond donors (Lipinski definition) is 2. The number of carboxylic acid groups (broad SMARTS) is 1. The molecule has 0 aliphatic heterocycles. The summed E-state index contributed by atoms with van der Waals surface area (Å²) in [6.45, 7) is 0.211. The highest BCUT2D eigenvalue weighted by Crippen LogP contribution is 2.36. The normalized spacial score (nSPS) is 16.1. The summed E-state index contributed by atoms with van der Waals surface area (Å²) >= 11 is 0. The highest BCUT2D eigenvalue weighted by molar-refractivity contribution is 5.79. The summed E-state index contributed by atoms with van der Waals surface area (Å²) in [6.07, 6.45) is 5.00. The highest BCUT2D eigenvalue weighted by Gasteiger charge is 2.39. The Morgan fingerprint density at radius 2 is 1.68 bits per heavy atom. The summed E-state index contributed by atoms with van der Waals surface area (Å²) in [7, 11) is 3.17. The van der Waals surface area contributed by atoms with E-state index < -0.39 is 11.4 Å². The van der Waals surface area contributed by atoms with Crippen molar-refractivity contribution in [3.8, 4) is 11.5 Å². The van der Waals surface area contributed by atoms with Gasteiger partial charge in [0.05, 0.1) is 19.6 Å². The number of ether oxygens (including phenoxy) is 2. The Kier molecular flexibility index (Phi) is 6.67. The van der Waals surface area contributed by atoms with E-state index >= 15 is 0 Å². The van der Waals surface area contributed by atoms with Gasteiger partial charge in [0.2, 0.25) is 5.91 Å². The van der Waals surface area contributed by atoms with Gasteiger partial charge in [-0.2, -0.15) is 0 Å². The molecule has 2 N–H and O–H groups in total. The Balaban J connectivity index is 1.89. The Morgan fingerprint density at radius 3 is 2.20 bits per heavy atom. The molecule has 0 atom stereocenters. The van der Waals surface area contributed by atoms with Gasteiger partial charge in [-0.1, -0.05) is 19.3 Å². The van der Waals surface area contributed by atoms with Gasteiger partial charge >= 0.3 is 5.97 Å². The van der Waals surface area contributed by atoms with Gasteiger partial charge in [0.1, 0.15) is 11.5 Å².